The normalized spacial score (nSPS) is 11.1. The number of nitrogen functional groups attached to an aromatic ring is 1. The van der Waals surface area contributed by atoms with Crippen molar-refractivity contribution in [3.8, 4) is 5.75 Å². The maximum Gasteiger partial charge on any atom is 0.265 e. The maximum atomic E-state index is 12.2. The first-order valence-corrected chi connectivity index (χ1v) is 7.29. The molecule has 0 saturated carbocycles. The lowest BCUT2D eigenvalue weighted by molar-refractivity contribution is 0.414. The minimum Gasteiger partial charge on any atom is -0.497 e. The zero-order chi connectivity index (χ0) is 14.8. The number of nitrogens with one attached hydrogen (secondary N) is 1. The van der Waals surface area contributed by atoms with Crippen LogP contribution >= 0.6 is 0 Å². The molecular formula is C13H15N3O3S. The first-order chi connectivity index (χ1) is 9.42. The second-order valence-electron chi connectivity index (χ2n) is 4.23. The summed E-state index contributed by atoms with van der Waals surface area (Å²) in [6, 6.07) is 7.74. The summed E-state index contributed by atoms with van der Waals surface area (Å²) in [5, 5.41) is 0. The minimum absolute atomic E-state index is 0.0133. The molecule has 1 heterocycles. The number of hydrogen-bond acceptors (Lipinski definition) is 5. The van der Waals surface area contributed by atoms with Gasteiger partial charge in [-0.2, -0.15) is 0 Å². The summed E-state index contributed by atoms with van der Waals surface area (Å²) >= 11 is 0. The van der Waals surface area contributed by atoms with Crippen molar-refractivity contribution in [2.24, 2.45) is 0 Å². The number of benzene rings is 1. The second kappa shape index (κ2) is 5.38. The number of pyridine rings is 1. The van der Waals surface area contributed by atoms with Crippen molar-refractivity contribution in [1.29, 1.82) is 0 Å². The Labute approximate surface area is 117 Å². The summed E-state index contributed by atoms with van der Waals surface area (Å²) in [7, 11) is -2.29. The van der Waals surface area contributed by atoms with Gasteiger partial charge in [0.15, 0.2) is 0 Å². The highest BCUT2D eigenvalue weighted by atomic mass is 32.2. The lowest BCUT2D eigenvalue weighted by Crippen LogP contribution is -2.15. The zero-order valence-electron chi connectivity index (χ0n) is 11.1. The van der Waals surface area contributed by atoms with Crippen LogP contribution in [0.15, 0.2) is 41.4 Å². The SMILES string of the molecule is COc1ccc(S(=O)(=O)Nc2ccc(C)cn2)c(N)c1. The number of sulfonamides is 1. The molecule has 0 aliphatic heterocycles. The van der Waals surface area contributed by atoms with Crippen LogP contribution in [0, 0.1) is 6.92 Å². The Morgan fingerprint density at radius 3 is 2.55 bits per heavy atom. The van der Waals surface area contributed by atoms with Crippen LogP contribution in [-0.2, 0) is 10.0 Å². The summed E-state index contributed by atoms with van der Waals surface area (Å²) in [4.78, 5) is 3.98. The van der Waals surface area contributed by atoms with Gasteiger partial charge >= 0.3 is 0 Å². The molecular weight excluding hydrogens is 278 g/mol. The van der Waals surface area contributed by atoms with E-state index in [0.29, 0.717) is 5.75 Å². The first-order valence-electron chi connectivity index (χ1n) is 5.81. The molecule has 2 rings (SSSR count). The number of nitrogens with zero attached hydrogens (tertiary/aromatic N) is 1. The van der Waals surface area contributed by atoms with Gasteiger partial charge in [0.1, 0.15) is 16.5 Å². The summed E-state index contributed by atoms with van der Waals surface area (Å²) in [6.45, 7) is 1.87. The monoisotopic (exact) mass is 293 g/mol. The molecule has 0 atom stereocenters. The average molecular weight is 293 g/mol. The van der Waals surface area contributed by atoms with Crippen molar-refractivity contribution >= 4 is 21.5 Å². The van der Waals surface area contributed by atoms with E-state index in [1.807, 2.05) is 6.92 Å². The average Bonchev–Trinajstić information content (AvgIpc) is 2.40. The third kappa shape index (κ3) is 3.00. The quantitative estimate of drug-likeness (QED) is 0.838. The molecule has 0 radical (unpaired) electrons. The number of ether oxygens (including phenoxy) is 1. The van der Waals surface area contributed by atoms with Crippen molar-refractivity contribution < 1.29 is 13.2 Å². The van der Waals surface area contributed by atoms with Crippen LogP contribution in [0.25, 0.3) is 0 Å². The molecule has 106 valence electrons. The molecule has 0 unspecified atom stereocenters. The number of hydrogen-bond donors (Lipinski definition) is 2. The van der Waals surface area contributed by atoms with Crippen molar-refractivity contribution in [1.82, 2.24) is 4.98 Å². The van der Waals surface area contributed by atoms with Gasteiger partial charge in [-0.1, -0.05) is 6.07 Å². The third-order valence-corrected chi connectivity index (χ3v) is 4.09. The lowest BCUT2D eigenvalue weighted by Gasteiger charge is -2.10. The molecule has 6 nitrogen and oxygen atoms in total. The number of methoxy groups -OCH3 is 1. The highest BCUT2D eigenvalue weighted by Crippen LogP contribution is 2.25. The van der Waals surface area contributed by atoms with Crippen molar-refractivity contribution in [2.45, 2.75) is 11.8 Å². The van der Waals surface area contributed by atoms with Crippen molar-refractivity contribution in [2.75, 3.05) is 17.6 Å². The van der Waals surface area contributed by atoms with Gasteiger partial charge in [0.25, 0.3) is 10.0 Å². The van der Waals surface area contributed by atoms with Gasteiger partial charge in [0.05, 0.1) is 12.8 Å². The summed E-state index contributed by atoms with van der Waals surface area (Å²) in [5.74, 6) is 0.737. The fraction of sp³-hybridized carbons (Fsp3) is 0.154. The largest absolute Gasteiger partial charge is 0.497 e. The number of anilines is 2. The topological polar surface area (TPSA) is 94.3 Å². The van der Waals surface area contributed by atoms with Crippen LogP contribution < -0.4 is 15.2 Å². The molecule has 0 aliphatic rings. The summed E-state index contributed by atoms with van der Waals surface area (Å²) in [5.41, 5.74) is 6.80. The van der Waals surface area contributed by atoms with Crippen LogP contribution in [0.1, 0.15) is 5.56 Å². The number of nitrogens with two attached hydrogens (primary N) is 1. The molecule has 0 bridgehead atoms. The Morgan fingerprint density at radius 2 is 2.00 bits per heavy atom. The van der Waals surface area contributed by atoms with E-state index >= 15 is 0 Å². The Kier molecular flexibility index (Phi) is 3.80. The van der Waals surface area contributed by atoms with E-state index in [0.717, 1.165) is 5.56 Å². The molecule has 0 aliphatic carbocycles. The standard InChI is InChI=1S/C13H15N3O3S/c1-9-3-6-13(15-8-9)16-20(17,18)12-5-4-10(19-2)7-11(12)14/h3-8H,14H2,1-2H3,(H,15,16). The van der Waals surface area contributed by atoms with Crippen LogP contribution in [0.3, 0.4) is 0 Å². The van der Waals surface area contributed by atoms with Gasteiger partial charge in [-0.3, -0.25) is 4.72 Å². The van der Waals surface area contributed by atoms with Gasteiger partial charge in [-0.15, -0.1) is 0 Å². The van der Waals surface area contributed by atoms with E-state index < -0.39 is 10.0 Å². The Hall–Kier alpha value is -2.28. The fourth-order valence-electron chi connectivity index (χ4n) is 1.62. The third-order valence-electron chi connectivity index (χ3n) is 2.66. The predicted molar refractivity (Wildman–Crippen MR) is 77.2 cm³/mol. The summed E-state index contributed by atoms with van der Waals surface area (Å²) < 4.78 is 31.8. The van der Waals surface area contributed by atoms with E-state index in [4.69, 9.17) is 10.5 Å². The molecule has 3 N–H and O–H groups in total. The van der Waals surface area contributed by atoms with Gasteiger partial charge in [0, 0.05) is 12.3 Å². The van der Waals surface area contributed by atoms with Gasteiger partial charge < -0.3 is 10.5 Å². The van der Waals surface area contributed by atoms with E-state index in [2.05, 4.69) is 9.71 Å². The second-order valence-corrected chi connectivity index (χ2v) is 5.88. The van der Waals surface area contributed by atoms with Crippen LogP contribution in [0.4, 0.5) is 11.5 Å². The molecule has 20 heavy (non-hydrogen) atoms. The molecule has 0 fully saturated rings. The first kappa shape index (κ1) is 14.1. The Bertz CT molecular complexity index is 712. The highest BCUT2D eigenvalue weighted by Gasteiger charge is 2.18. The van der Waals surface area contributed by atoms with Gasteiger partial charge in [-0.25, -0.2) is 13.4 Å². The zero-order valence-corrected chi connectivity index (χ0v) is 11.9. The minimum atomic E-state index is -3.77. The Morgan fingerprint density at radius 1 is 1.25 bits per heavy atom. The van der Waals surface area contributed by atoms with Gasteiger partial charge in [0.2, 0.25) is 0 Å². The van der Waals surface area contributed by atoms with E-state index in [9.17, 15) is 8.42 Å². The van der Waals surface area contributed by atoms with E-state index in [1.54, 1.807) is 18.3 Å². The van der Waals surface area contributed by atoms with E-state index in [-0.39, 0.29) is 16.4 Å². The van der Waals surface area contributed by atoms with Crippen LogP contribution in [0.5, 0.6) is 5.75 Å². The van der Waals surface area contributed by atoms with E-state index in [1.165, 1.54) is 25.3 Å². The lowest BCUT2D eigenvalue weighted by atomic mass is 10.3. The summed E-state index contributed by atoms with van der Waals surface area (Å²) in [6.07, 6.45) is 1.58. The Balaban J connectivity index is 2.33. The molecule has 1 aromatic carbocycles. The highest BCUT2D eigenvalue weighted by molar-refractivity contribution is 7.92. The van der Waals surface area contributed by atoms with Crippen molar-refractivity contribution in [3.63, 3.8) is 0 Å². The number of aromatic nitrogens is 1. The number of rotatable bonds is 4. The molecule has 0 spiro atoms. The fourth-order valence-corrected chi connectivity index (χ4v) is 2.74. The molecule has 2 aromatic rings. The van der Waals surface area contributed by atoms with Gasteiger partial charge in [-0.05, 0) is 30.7 Å². The molecule has 0 amide bonds. The number of aryl methyl sites for hydroxylation is 1. The van der Waals surface area contributed by atoms with Crippen LogP contribution in [-0.4, -0.2) is 20.5 Å². The van der Waals surface area contributed by atoms with Crippen LogP contribution in [0.2, 0.25) is 0 Å². The molecule has 1 aromatic heterocycles. The maximum absolute atomic E-state index is 12.2. The predicted octanol–water partition coefficient (Wildman–Crippen LogP) is 1.78. The molecule has 0 saturated heterocycles. The smallest absolute Gasteiger partial charge is 0.265 e. The molecule has 7 heteroatoms. The van der Waals surface area contributed by atoms with Crippen molar-refractivity contribution in [3.05, 3.63) is 42.1 Å².